The molecule has 5 nitrogen and oxygen atoms in total. The summed E-state index contributed by atoms with van der Waals surface area (Å²) in [7, 11) is 0. The number of benzene rings is 2. The number of carbonyl (C=O) groups excluding carboxylic acids is 2. The van der Waals surface area contributed by atoms with E-state index in [1.807, 2.05) is 6.07 Å². The van der Waals surface area contributed by atoms with Crippen LogP contribution in [0.3, 0.4) is 0 Å². The normalized spacial score (nSPS) is 15.5. The zero-order valence-electron chi connectivity index (χ0n) is 14.5. The Morgan fingerprint density at radius 3 is 2.81 bits per heavy atom. The van der Waals surface area contributed by atoms with E-state index in [-0.39, 0.29) is 36.7 Å². The number of fused-ring (bicyclic) bond motifs is 1. The number of anilines is 1. The highest BCUT2D eigenvalue weighted by molar-refractivity contribution is 5.90. The molecule has 1 aliphatic rings. The van der Waals surface area contributed by atoms with Crippen molar-refractivity contribution in [1.82, 2.24) is 5.32 Å². The molecule has 136 valence electrons. The van der Waals surface area contributed by atoms with Gasteiger partial charge in [-0.05, 0) is 36.2 Å². The summed E-state index contributed by atoms with van der Waals surface area (Å²) in [5.41, 5.74) is 2.00. The van der Waals surface area contributed by atoms with Gasteiger partial charge in [-0.15, -0.1) is 0 Å². The summed E-state index contributed by atoms with van der Waals surface area (Å²) in [6.45, 7) is 2.20. The first-order chi connectivity index (χ1) is 12.6. The van der Waals surface area contributed by atoms with E-state index >= 15 is 0 Å². The van der Waals surface area contributed by atoms with Crippen LogP contribution in [0.25, 0.3) is 0 Å². The monoisotopic (exact) mass is 356 g/mol. The van der Waals surface area contributed by atoms with Gasteiger partial charge < -0.3 is 15.4 Å². The van der Waals surface area contributed by atoms with Gasteiger partial charge in [-0.1, -0.05) is 25.1 Å². The third-order valence-corrected chi connectivity index (χ3v) is 4.35. The molecule has 2 aromatic rings. The molecule has 0 aliphatic carbocycles. The lowest BCUT2D eigenvalue weighted by Crippen LogP contribution is -2.37. The van der Waals surface area contributed by atoms with Gasteiger partial charge in [0.2, 0.25) is 11.8 Å². The first-order valence-corrected chi connectivity index (χ1v) is 8.63. The van der Waals surface area contributed by atoms with E-state index in [9.17, 15) is 14.0 Å². The van der Waals surface area contributed by atoms with E-state index in [0.29, 0.717) is 24.1 Å². The van der Waals surface area contributed by atoms with E-state index in [4.69, 9.17) is 4.74 Å². The lowest BCUT2D eigenvalue weighted by molar-refractivity contribution is -0.126. The average molecular weight is 356 g/mol. The summed E-state index contributed by atoms with van der Waals surface area (Å²) in [6.07, 6.45) is 0.906. The standard InChI is InChI=1S/C20H21FN2O3/c1-2-19(24)23-16-7-8-18-14(10-16)9-15(12-26-18)20(25)22-11-13-5-3-4-6-17(13)21/h3-8,10,15H,2,9,11-12H2,1H3,(H,22,25)(H,23,24)/t15-/m1/s1. The minimum Gasteiger partial charge on any atom is -0.492 e. The topological polar surface area (TPSA) is 67.4 Å². The van der Waals surface area contributed by atoms with Crippen molar-refractivity contribution in [3.8, 4) is 5.75 Å². The van der Waals surface area contributed by atoms with Crippen LogP contribution in [-0.2, 0) is 22.6 Å². The summed E-state index contributed by atoms with van der Waals surface area (Å²) in [5, 5.41) is 5.57. The minimum atomic E-state index is -0.355. The number of nitrogens with one attached hydrogen (secondary N) is 2. The van der Waals surface area contributed by atoms with Crippen molar-refractivity contribution in [3.63, 3.8) is 0 Å². The molecule has 1 aliphatic heterocycles. The fourth-order valence-corrected chi connectivity index (χ4v) is 2.86. The van der Waals surface area contributed by atoms with Crippen molar-refractivity contribution in [2.45, 2.75) is 26.3 Å². The number of hydrogen-bond acceptors (Lipinski definition) is 3. The fourth-order valence-electron chi connectivity index (χ4n) is 2.86. The van der Waals surface area contributed by atoms with Crippen molar-refractivity contribution in [2.24, 2.45) is 5.92 Å². The maximum Gasteiger partial charge on any atom is 0.227 e. The summed E-state index contributed by atoms with van der Waals surface area (Å²) >= 11 is 0. The molecule has 1 heterocycles. The molecule has 0 fully saturated rings. The fraction of sp³-hybridized carbons (Fsp3) is 0.300. The Labute approximate surface area is 151 Å². The lowest BCUT2D eigenvalue weighted by Gasteiger charge is -2.25. The molecule has 1 atom stereocenters. The Morgan fingerprint density at radius 2 is 2.04 bits per heavy atom. The van der Waals surface area contributed by atoms with Gasteiger partial charge in [0.15, 0.2) is 0 Å². The van der Waals surface area contributed by atoms with Gasteiger partial charge in [0.1, 0.15) is 18.2 Å². The molecule has 0 saturated heterocycles. The summed E-state index contributed by atoms with van der Waals surface area (Å²) in [5.74, 6) is -0.221. The van der Waals surface area contributed by atoms with Gasteiger partial charge in [-0.2, -0.15) is 0 Å². The highest BCUT2D eigenvalue weighted by Gasteiger charge is 2.26. The zero-order chi connectivity index (χ0) is 18.5. The molecule has 0 unspecified atom stereocenters. The van der Waals surface area contributed by atoms with E-state index in [1.54, 1.807) is 37.3 Å². The second-order valence-corrected chi connectivity index (χ2v) is 6.25. The van der Waals surface area contributed by atoms with Gasteiger partial charge >= 0.3 is 0 Å². The molecule has 26 heavy (non-hydrogen) atoms. The largest absolute Gasteiger partial charge is 0.492 e. The van der Waals surface area contributed by atoms with Crippen LogP contribution < -0.4 is 15.4 Å². The molecule has 2 N–H and O–H groups in total. The van der Waals surface area contributed by atoms with Crippen molar-refractivity contribution in [2.75, 3.05) is 11.9 Å². The molecule has 6 heteroatoms. The molecular weight excluding hydrogens is 335 g/mol. The smallest absolute Gasteiger partial charge is 0.227 e. The molecular formula is C20H21FN2O3. The summed E-state index contributed by atoms with van der Waals surface area (Å²) in [4.78, 5) is 24.0. The quantitative estimate of drug-likeness (QED) is 0.865. The molecule has 2 amide bonds. The zero-order valence-corrected chi connectivity index (χ0v) is 14.5. The summed E-state index contributed by atoms with van der Waals surface area (Å²) < 4.78 is 19.3. The van der Waals surface area contributed by atoms with Crippen LogP contribution in [0.5, 0.6) is 5.75 Å². The molecule has 0 spiro atoms. The number of carbonyl (C=O) groups is 2. The van der Waals surface area contributed by atoms with Crippen molar-refractivity contribution >= 4 is 17.5 Å². The number of halogens is 1. The second-order valence-electron chi connectivity index (χ2n) is 6.25. The van der Waals surface area contributed by atoms with Crippen LogP contribution in [0.15, 0.2) is 42.5 Å². The number of hydrogen-bond donors (Lipinski definition) is 2. The van der Waals surface area contributed by atoms with Gasteiger partial charge in [-0.25, -0.2) is 4.39 Å². The molecule has 0 bridgehead atoms. The van der Waals surface area contributed by atoms with Gasteiger partial charge in [-0.3, -0.25) is 9.59 Å². The van der Waals surface area contributed by atoms with E-state index in [2.05, 4.69) is 10.6 Å². The predicted molar refractivity (Wildman–Crippen MR) is 96.3 cm³/mol. The number of ether oxygens (including phenoxy) is 1. The Kier molecular flexibility index (Phi) is 5.51. The van der Waals surface area contributed by atoms with Crippen LogP contribution in [0.4, 0.5) is 10.1 Å². The van der Waals surface area contributed by atoms with Gasteiger partial charge in [0, 0.05) is 24.2 Å². The van der Waals surface area contributed by atoms with Crippen LogP contribution in [0.2, 0.25) is 0 Å². The molecule has 2 aromatic carbocycles. The maximum absolute atomic E-state index is 13.6. The maximum atomic E-state index is 13.6. The summed E-state index contributed by atoms with van der Waals surface area (Å²) in [6, 6.07) is 11.8. The van der Waals surface area contributed by atoms with E-state index in [1.165, 1.54) is 6.07 Å². The Morgan fingerprint density at radius 1 is 1.23 bits per heavy atom. The van der Waals surface area contributed by atoms with Crippen LogP contribution >= 0.6 is 0 Å². The third kappa shape index (κ3) is 4.20. The lowest BCUT2D eigenvalue weighted by atomic mass is 9.95. The second kappa shape index (κ2) is 7.99. The van der Waals surface area contributed by atoms with Crippen molar-refractivity contribution < 1.29 is 18.7 Å². The van der Waals surface area contributed by atoms with Crippen molar-refractivity contribution in [1.29, 1.82) is 0 Å². The van der Waals surface area contributed by atoms with E-state index < -0.39 is 0 Å². The highest BCUT2D eigenvalue weighted by Crippen LogP contribution is 2.30. The van der Waals surface area contributed by atoms with Gasteiger partial charge in [0.25, 0.3) is 0 Å². The third-order valence-electron chi connectivity index (χ3n) is 4.35. The van der Waals surface area contributed by atoms with Crippen LogP contribution in [-0.4, -0.2) is 18.4 Å². The SMILES string of the molecule is CCC(=O)Nc1ccc2c(c1)C[C@@H](C(=O)NCc1ccccc1F)CO2. The Hall–Kier alpha value is -2.89. The van der Waals surface area contributed by atoms with Crippen LogP contribution in [0.1, 0.15) is 24.5 Å². The molecule has 3 rings (SSSR count). The van der Waals surface area contributed by atoms with Crippen LogP contribution in [0, 0.1) is 11.7 Å². The van der Waals surface area contributed by atoms with Gasteiger partial charge in [0.05, 0.1) is 5.92 Å². The number of amides is 2. The first kappa shape index (κ1) is 17.9. The minimum absolute atomic E-state index is 0.0686. The van der Waals surface area contributed by atoms with E-state index in [0.717, 1.165) is 11.3 Å². The molecule has 0 saturated carbocycles. The first-order valence-electron chi connectivity index (χ1n) is 8.63. The molecule has 0 radical (unpaired) electrons. The van der Waals surface area contributed by atoms with Crippen molar-refractivity contribution in [3.05, 3.63) is 59.4 Å². The molecule has 0 aromatic heterocycles. The Balaban J connectivity index is 1.63. The highest BCUT2D eigenvalue weighted by atomic mass is 19.1. The average Bonchev–Trinajstić information content (AvgIpc) is 2.66. The Bertz CT molecular complexity index is 822. The number of rotatable bonds is 5. The predicted octanol–water partition coefficient (Wildman–Crippen LogP) is 3.04.